The van der Waals surface area contributed by atoms with Crippen molar-refractivity contribution < 1.29 is 10.2 Å². The molecule has 5 nitrogen and oxygen atoms in total. The van der Waals surface area contributed by atoms with E-state index in [4.69, 9.17) is 10.2 Å². The fourth-order valence-corrected chi connectivity index (χ4v) is 1.26. The lowest BCUT2D eigenvalue weighted by Gasteiger charge is -2.08. The third-order valence-electron chi connectivity index (χ3n) is 2.17. The minimum atomic E-state index is -0.692. The van der Waals surface area contributed by atoms with Gasteiger partial charge in [-0.05, 0) is 13.8 Å². The van der Waals surface area contributed by atoms with Crippen molar-refractivity contribution in [3.05, 3.63) is 17.0 Å². The van der Waals surface area contributed by atoms with Gasteiger partial charge >= 0.3 is 0 Å². The predicted octanol–water partition coefficient (Wildman–Crippen LogP) is -0.531. The van der Waals surface area contributed by atoms with Crippen LogP contribution in [0.15, 0.2) is 0 Å². The van der Waals surface area contributed by atoms with Gasteiger partial charge in [0.2, 0.25) is 0 Å². The van der Waals surface area contributed by atoms with Gasteiger partial charge in [-0.3, -0.25) is 5.10 Å². The molecule has 1 aromatic rings. The largest absolute Gasteiger partial charge is 0.394 e. The zero-order valence-electron chi connectivity index (χ0n) is 8.54. The van der Waals surface area contributed by atoms with Gasteiger partial charge in [-0.2, -0.15) is 5.10 Å². The van der Waals surface area contributed by atoms with Gasteiger partial charge in [0.05, 0.1) is 18.4 Å². The zero-order chi connectivity index (χ0) is 10.6. The van der Waals surface area contributed by atoms with Crippen molar-refractivity contribution in [1.29, 1.82) is 0 Å². The summed E-state index contributed by atoms with van der Waals surface area (Å²) in [6.45, 7) is 4.73. The van der Waals surface area contributed by atoms with E-state index in [0.717, 1.165) is 17.0 Å². The minimum absolute atomic E-state index is 0.212. The van der Waals surface area contributed by atoms with Gasteiger partial charge < -0.3 is 15.5 Å². The van der Waals surface area contributed by atoms with Gasteiger partial charge in [-0.15, -0.1) is 0 Å². The van der Waals surface area contributed by atoms with E-state index in [1.54, 1.807) is 0 Å². The van der Waals surface area contributed by atoms with Crippen molar-refractivity contribution in [1.82, 2.24) is 15.5 Å². The van der Waals surface area contributed by atoms with Crippen molar-refractivity contribution in [2.45, 2.75) is 26.5 Å². The molecule has 1 atom stereocenters. The normalized spacial score (nSPS) is 13.1. The summed E-state index contributed by atoms with van der Waals surface area (Å²) in [6.07, 6.45) is -0.692. The van der Waals surface area contributed by atoms with Gasteiger partial charge in [-0.25, -0.2) is 0 Å². The monoisotopic (exact) mass is 199 g/mol. The molecular weight excluding hydrogens is 182 g/mol. The number of aromatic amines is 1. The molecule has 0 saturated heterocycles. The van der Waals surface area contributed by atoms with E-state index in [1.165, 1.54) is 0 Å². The topological polar surface area (TPSA) is 81.2 Å². The third-order valence-corrected chi connectivity index (χ3v) is 2.17. The number of rotatable bonds is 5. The summed E-state index contributed by atoms with van der Waals surface area (Å²) in [5.74, 6) is 0. The Morgan fingerprint density at radius 2 is 2.21 bits per heavy atom. The smallest absolute Gasteiger partial charge is 0.0895 e. The molecule has 1 unspecified atom stereocenters. The van der Waals surface area contributed by atoms with Crippen LogP contribution < -0.4 is 5.32 Å². The van der Waals surface area contributed by atoms with Crippen molar-refractivity contribution in [3.63, 3.8) is 0 Å². The molecule has 80 valence electrons. The van der Waals surface area contributed by atoms with Crippen molar-refractivity contribution in [2.75, 3.05) is 13.2 Å². The molecule has 0 bridgehead atoms. The second-order valence-electron chi connectivity index (χ2n) is 3.38. The molecule has 0 fully saturated rings. The quantitative estimate of drug-likeness (QED) is 0.514. The lowest BCUT2D eigenvalue weighted by molar-refractivity contribution is 0.0942. The van der Waals surface area contributed by atoms with Crippen LogP contribution in [0.25, 0.3) is 0 Å². The zero-order valence-corrected chi connectivity index (χ0v) is 8.54. The van der Waals surface area contributed by atoms with Crippen LogP contribution in [0.5, 0.6) is 0 Å². The molecule has 0 spiro atoms. The van der Waals surface area contributed by atoms with E-state index in [0.29, 0.717) is 13.1 Å². The maximum absolute atomic E-state index is 9.09. The van der Waals surface area contributed by atoms with Gasteiger partial charge in [0.15, 0.2) is 0 Å². The van der Waals surface area contributed by atoms with E-state index >= 15 is 0 Å². The average molecular weight is 199 g/mol. The Kier molecular flexibility index (Phi) is 4.06. The molecule has 0 radical (unpaired) electrons. The molecule has 0 aromatic carbocycles. The fraction of sp³-hybridized carbons (Fsp3) is 0.667. The summed E-state index contributed by atoms with van der Waals surface area (Å²) < 4.78 is 0. The number of hydrogen-bond acceptors (Lipinski definition) is 4. The third kappa shape index (κ3) is 2.80. The Balaban J connectivity index is 2.38. The van der Waals surface area contributed by atoms with Crippen LogP contribution in [-0.4, -0.2) is 39.7 Å². The van der Waals surface area contributed by atoms with Gasteiger partial charge in [0.1, 0.15) is 0 Å². The number of aliphatic hydroxyl groups is 2. The molecule has 1 rings (SSSR count). The highest BCUT2D eigenvalue weighted by Crippen LogP contribution is 2.07. The molecule has 0 aliphatic heterocycles. The van der Waals surface area contributed by atoms with Gasteiger partial charge in [0.25, 0.3) is 0 Å². The van der Waals surface area contributed by atoms with E-state index in [2.05, 4.69) is 15.5 Å². The summed E-state index contributed by atoms with van der Waals surface area (Å²) in [6, 6.07) is 0. The molecule has 0 saturated carbocycles. The van der Waals surface area contributed by atoms with Crippen LogP contribution in [0.1, 0.15) is 17.0 Å². The molecule has 1 heterocycles. The summed E-state index contributed by atoms with van der Waals surface area (Å²) in [4.78, 5) is 0. The Morgan fingerprint density at radius 3 is 2.71 bits per heavy atom. The second-order valence-corrected chi connectivity index (χ2v) is 3.38. The van der Waals surface area contributed by atoms with Crippen molar-refractivity contribution in [2.24, 2.45) is 0 Å². The van der Waals surface area contributed by atoms with Crippen LogP contribution in [0, 0.1) is 13.8 Å². The number of aryl methyl sites for hydroxylation is 2. The van der Waals surface area contributed by atoms with E-state index in [9.17, 15) is 0 Å². The predicted molar refractivity (Wildman–Crippen MR) is 52.9 cm³/mol. The highest BCUT2D eigenvalue weighted by molar-refractivity contribution is 5.22. The second kappa shape index (κ2) is 5.09. The number of nitrogens with one attached hydrogen (secondary N) is 2. The summed E-state index contributed by atoms with van der Waals surface area (Å²) in [5, 5.41) is 27.7. The molecule has 0 amide bonds. The van der Waals surface area contributed by atoms with E-state index in [-0.39, 0.29) is 6.61 Å². The van der Waals surface area contributed by atoms with Crippen LogP contribution in [0.3, 0.4) is 0 Å². The van der Waals surface area contributed by atoms with Gasteiger partial charge in [-0.1, -0.05) is 0 Å². The fourth-order valence-electron chi connectivity index (χ4n) is 1.26. The van der Waals surface area contributed by atoms with Crippen LogP contribution in [-0.2, 0) is 6.54 Å². The molecular formula is C9H17N3O2. The van der Waals surface area contributed by atoms with Crippen LogP contribution >= 0.6 is 0 Å². The maximum Gasteiger partial charge on any atom is 0.0895 e. The molecule has 0 aliphatic rings. The first-order valence-electron chi connectivity index (χ1n) is 4.65. The summed E-state index contributed by atoms with van der Waals surface area (Å²) >= 11 is 0. The van der Waals surface area contributed by atoms with E-state index in [1.807, 2.05) is 13.8 Å². The first-order chi connectivity index (χ1) is 6.65. The number of nitrogens with zero attached hydrogens (tertiary/aromatic N) is 1. The Labute approximate surface area is 83.2 Å². The lowest BCUT2D eigenvalue weighted by atomic mass is 10.2. The molecule has 1 aromatic heterocycles. The summed E-state index contributed by atoms with van der Waals surface area (Å²) in [7, 11) is 0. The first-order valence-corrected chi connectivity index (χ1v) is 4.65. The van der Waals surface area contributed by atoms with Crippen LogP contribution in [0.4, 0.5) is 0 Å². The SMILES string of the molecule is Cc1n[nH]c(C)c1CNCC(O)CO. The molecule has 14 heavy (non-hydrogen) atoms. The number of aliphatic hydroxyl groups excluding tert-OH is 2. The van der Waals surface area contributed by atoms with E-state index < -0.39 is 6.10 Å². The highest BCUT2D eigenvalue weighted by Gasteiger charge is 2.06. The van der Waals surface area contributed by atoms with Crippen molar-refractivity contribution in [3.8, 4) is 0 Å². The molecule has 4 N–H and O–H groups in total. The summed E-state index contributed by atoms with van der Waals surface area (Å²) in [5.41, 5.74) is 3.12. The standard InChI is InChI=1S/C9H17N3O2/c1-6-9(7(2)12-11-6)4-10-3-8(14)5-13/h8,10,13-14H,3-5H2,1-2H3,(H,11,12). The molecule has 5 heteroatoms. The Hall–Kier alpha value is -0.910. The lowest BCUT2D eigenvalue weighted by Crippen LogP contribution is -2.29. The maximum atomic E-state index is 9.09. The Bertz CT molecular complexity index is 266. The average Bonchev–Trinajstić information content (AvgIpc) is 2.48. The number of H-pyrrole nitrogens is 1. The van der Waals surface area contributed by atoms with Gasteiger partial charge in [0, 0.05) is 24.3 Å². The molecule has 0 aliphatic carbocycles. The van der Waals surface area contributed by atoms with Crippen LogP contribution in [0.2, 0.25) is 0 Å². The van der Waals surface area contributed by atoms with Crippen molar-refractivity contribution >= 4 is 0 Å². The number of aromatic nitrogens is 2. The minimum Gasteiger partial charge on any atom is -0.394 e. The highest BCUT2D eigenvalue weighted by atomic mass is 16.3. The number of hydrogen-bond donors (Lipinski definition) is 4. The first kappa shape index (κ1) is 11.2. The Morgan fingerprint density at radius 1 is 1.50 bits per heavy atom.